The Hall–Kier alpha value is -1.09. The van der Waals surface area contributed by atoms with Crippen LogP contribution in [0.2, 0.25) is 0 Å². The van der Waals surface area contributed by atoms with Crippen molar-refractivity contribution >= 4 is 0 Å². The third-order valence-corrected chi connectivity index (χ3v) is 2.22. The van der Waals surface area contributed by atoms with Crippen molar-refractivity contribution in [3.05, 3.63) is 29.6 Å². The molecule has 1 aromatic carbocycles. The van der Waals surface area contributed by atoms with Crippen molar-refractivity contribution in [2.45, 2.75) is 32.7 Å². The van der Waals surface area contributed by atoms with Crippen LogP contribution < -0.4 is 10.5 Å². The summed E-state index contributed by atoms with van der Waals surface area (Å²) in [7, 11) is 0. The zero-order valence-corrected chi connectivity index (χ0v) is 9.29. The minimum Gasteiger partial charge on any atom is -0.493 e. The molecule has 0 saturated heterocycles. The molecule has 0 fully saturated rings. The van der Waals surface area contributed by atoms with Gasteiger partial charge in [-0.15, -0.1) is 0 Å². The smallest absolute Gasteiger partial charge is 0.131 e. The van der Waals surface area contributed by atoms with Crippen molar-refractivity contribution in [3.63, 3.8) is 0 Å². The number of benzene rings is 1. The molecule has 0 aliphatic heterocycles. The molecule has 1 aromatic rings. The molecule has 2 N–H and O–H groups in total. The Balaban J connectivity index is 2.81. The third-order valence-electron chi connectivity index (χ3n) is 2.22. The van der Waals surface area contributed by atoms with Gasteiger partial charge in [-0.2, -0.15) is 0 Å². The molecule has 0 bridgehead atoms. The van der Waals surface area contributed by atoms with Gasteiger partial charge in [0.05, 0.1) is 6.61 Å². The maximum atomic E-state index is 13.5. The van der Waals surface area contributed by atoms with E-state index in [1.807, 2.05) is 0 Å². The highest BCUT2D eigenvalue weighted by atomic mass is 19.1. The van der Waals surface area contributed by atoms with E-state index >= 15 is 0 Å². The number of unbranched alkanes of at least 4 members (excludes halogenated alkanes) is 1. The molecule has 0 unspecified atom stereocenters. The molecule has 0 heterocycles. The van der Waals surface area contributed by atoms with E-state index in [1.165, 1.54) is 6.07 Å². The van der Waals surface area contributed by atoms with Crippen LogP contribution in [0.25, 0.3) is 0 Å². The molecular formula is C12H18FNO. The van der Waals surface area contributed by atoms with E-state index in [0.717, 1.165) is 12.8 Å². The average Bonchev–Trinajstić information content (AvgIpc) is 2.17. The second-order valence-corrected chi connectivity index (χ2v) is 3.64. The first-order valence-electron chi connectivity index (χ1n) is 5.33. The summed E-state index contributed by atoms with van der Waals surface area (Å²) in [4.78, 5) is 0. The number of hydrogen-bond acceptors (Lipinski definition) is 2. The molecule has 1 rings (SSSR count). The van der Waals surface area contributed by atoms with Crippen LogP contribution >= 0.6 is 0 Å². The Labute approximate surface area is 90.2 Å². The average molecular weight is 211 g/mol. The topological polar surface area (TPSA) is 35.2 Å². The lowest BCUT2D eigenvalue weighted by Gasteiger charge is -2.14. The summed E-state index contributed by atoms with van der Waals surface area (Å²) in [6.45, 7) is 4.45. The molecule has 0 radical (unpaired) electrons. The molecule has 0 saturated carbocycles. The Morgan fingerprint density at radius 3 is 2.80 bits per heavy atom. The van der Waals surface area contributed by atoms with Crippen molar-refractivity contribution in [3.8, 4) is 5.75 Å². The zero-order valence-electron chi connectivity index (χ0n) is 9.29. The standard InChI is InChI=1S/C12H18FNO/c1-3-4-8-15-11-7-5-6-10(13)12(11)9(2)14/h5-7,9H,3-4,8,14H2,1-2H3/t9-/m1/s1. The minimum atomic E-state index is -0.345. The van der Waals surface area contributed by atoms with Crippen molar-refractivity contribution < 1.29 is 9.13 Å². The first-order chi connectivity index (χ1) is 7.16. The van der Waals surface area contributed by atoms with Crippen LogP contribution in [-0.2, 0) is 0 Å². The van der Waals surface area contributed by atoms with Crippen LogP contribution in [0.1, 0.15) is 38.3 Å². The molecular weight excluding hydrogens is 193 g/mol. The van der Waals surface area contributed by atoms with Crippen molar-refractivity contribution in [1.29, 1.82) is 0 Å². The van der Waals surface area contributed by atoms with E-state index in [-0.39, 0.29) is 11.9 Å². The largest absolute Gasteiger partial charge is 0.493 e. The quantitative estimate of drug-likeness (QED) is 0.760. The predicted octanol–water partition coefficient (Wildman–Crippen LogP) is 3.02. The zero-order chi connectivity index (χ0) is 11.3. The number of ether oxygens (including phenoxy) is 1. The second kappa shape index (κ2) is 5.71. The first kappa shape index (κ1) is 12.0. The Bertz CT molecular complexity index is 312. The van der Waals surface area contributed by atoms with Gasteiger partial charge in [0.15, 0.2) is 0 Å². The minimum absolute atomic E-state index is 0.293. The number of rotatable bonds is 5. The van der Waals surface area contributed by atoms with Gasteiger partial charge < -0.3 is 10.5 Å². The molecule has 0 aliphatic rings. The Morgan fingerprint density at radius 1 is 1.47 bits per heavy atom. The van der Waals surface area contributed by atoms with Gasteiger partial charge in [0.25, 0.3) is 0 Å². The van der Waals surface area contributed by atoms with Gasteiger partial charge in [0, 0.05) is 11.6 Å². The maximum absolute atomic E-state index is 13.5. The van der Waals surface area contributed by atoms with E-state index in [9.17, 15) is 4.39 Å². The van der Waals surface area contributed by atoms with Gasteiger partial charge in [0.1, 0.15) is 11.6 Å². The van der Waals surface area contributed by atoms with Gasteiger partial charge in [-0.05, 0) is 25.5 Å². The summed E-state index contributed by atoms with van der Waals surface area (Å²) in [6, 6.07) is 4.47. The normalized spacial score (nSPS) is 12.5. The van der Waals surface area contributed by atoms with Crippen molar-refractivity contribution in [2.24, 2.45) is 5.73 Å². The summed E-state index contributed by atoms with van der Waals surface area (Å²) in [6.07, 6.45) is 2.03. The molecule has 0 amide bonds. The van der Waals surface area contributed by atoms with Crippen LogP contribution in [0.5, 0.6) is 5.75 Å². The van der Waals surface area contributed by atoms with Gasteiger partial charge in [-0.3, -0.25) is 0 Å². The second-order valence-electron chi connectivity index (χ2n) is 3.64. The number of hydrogen-bond donors (Lipinski definition) is 1. The lowest BCUT2D eigenvalue weighted by molar-refractivity contribution is 0.302. The summed E-state index contributed by atoms with van der Waals surface area (Å²) in [5.41, 5.74) is 6.17. The first-order valence-corrected chi connectivity index (χ1v) is 5.33. The molecule has 2 nitrogen and oxygen atoms in total. The fourth-order valence-electron chi connectivity index (χ4n) is 1.41. The molecule has 0 aliphatic carbocycles. The lowest BCUT2D eigenvalue weighted by Crippen LogP contribution is -2.10. The van der Waals surface area contributed by atoms with E-state index in [4.69, 9.17) is 10.5 Å². The van der Waals surface area contributed by atoms with Gasteiger partial charge in [-0.1, -0.05) is 19.4 Å². The SMILES string of the molecule is CCCCOc1cccc(F)c1[C@@H](C)N. The molecule has 1 atom stereocenters. The van der Waals surface area contributed by atoms with Crippen LogP contribution in [0.3, 0.4) is 0 Å². The third kappa shape index (κ3) is 3.20. The fraction of sp³-hybridized carbons (Fsp3) is 0.500. The van der Waals surface area contributed by atoms with Crippen LogP contribution in [0.15, 0.2) is 18.2 Å². The van der Waals surface area contributed by atoms with Gasteiger partial charge in [-0.25, -0.2) is 4.39 Å². The Morgan fingerprint density at radius 2 is 2.20 bits per heavy atom. The maximum Gasteiger partial charge on any atom is 0.131 e. The predicted molar refractivity (Wildman–Crippen MR) is 59.4 cm³/mol. The molecule has 0 spiro atoms. The van der Waals surface area contributed by atoms with Gasteiger partial charge >= 0.3 is 0 Å². The van der Waals surface area contributed by atoms with Crippen molar-refractivity contribution in [1.82, 2.24) is 0 Å². The highest BCUT2D eigenvalue weighted by Crippen LogP contribution is 2.26. The fourth-order valence-corrected chi connectivity index (χ4v) is 1.41. The summed E-state index contributed by atoms with van der Waals surface area (Å²) in [5, 5.41) is 0. The van der Waals surface area contributed by atoms with Crippen molar-refractivity contribution in [2.75, 3.05) is 6.61 Å². The van der Waals surface area contributed by atoms with Gasteiger partial charge in [0.2, 0.25) is 0 Å². The van der Waals surface area contributed by atoms with E-state index < -0.39 is 0 Å². The lowest BCUT2D eigenvalue weighted by atomic mass is 10.1. The van der Waals surface area contributed by atoms with E-state index in [2.05, 4.69) is 6.92 Å². The molecule has 15 heavy (non-hydrogen) atoms. The van der Waals surface area contributed by atoms with Crippen LogP contribution in [0, 0.1) is 5.82 Å². The summed E-state index contributed by atoms with van der Waals surface area (Å²) in [5.74, 6) is 0.275. The van der Waals surface area contributed by atoms with E-state index in [0.29, 0.717) is 17.9 Å². The summed E-state index contributed by atoms with van der Waals surface area (Å²) < 4.78 is 18.9. The summed E-state index contributed by atoms with van der Waals surface area (Å²) >= 11 is 0. The highest BCUT2D eigenvalue weighted by Gasteiger charge is 2.13. The highest BCUT2D eigenvalue weighted by molar-refractivity contribution is 5.36. The van der Waals surface area contributed by atoms with E-state index in [1.54, 1.807) is 19.1 Å². The molecule has 84 valence electrons. The molecule has 0 aromatic heterocycles. The Kier molecular flexibility index (Phi) is 4.56. The van der Waals surface area contributed by atoms with Crippen LogP contribution in [0.4, 0.5) is 4.39 Å². The number of nitrogens with two attached hydrogens (primary N) is 1. The monoisotopic (exact) mass is 211 g/mol. The molecule has 3 heteroatoms. The number of halogens is 1. The van der Waals surface area contributed by atoms with Crippen LogP contribution in [-0.4, -0.2) is 6.61 Å².